The van der Waals surface area contributed by atoms with E-state index in [0.29, 0.717) is 11.8 Å². The highest BCUT2D eigenvalue weighted by Gasteiger charge is 2.16. The van der Waals surface area contributed by atoms with Crippen molar-refractivity contribution in [2.45, 2.75) is 46.1 Å². The maximum atomic E-state index is 5.61. The van der Waals surface area contributed by atoms with Crippen molar-refractivity contribution in [1.82, 2.24) is 20.2 Å². The molecule has 2 rings (SSSR count). The minimum absolute atomic E-state index is 0.0837. The van der Waals surface area contributed by atoms with E-state index in [1.54, 1.807) is 6.33 Å². The van der Waals surface area contributed by atoms with Gasteiger partial charge in [-0.25, -0.2) is 9.97 Å². The fourth-order valence-corrected chi connectivity index (χ4v) is 1.61. The van der Waals surface area contributed by atoms with E-state index in [1.165, 1.54) is 0 Å². The van der Waals surface area contributed by atoms with Crippen molar-refractivity contribution in [3.63, 3.8) is 0 Å². The topological polar surface area (TPSA) is 76.7 Å². The first-order valence-electron chi connectivity index (χ1n) is 6.51. The number of nitrogens with one attached hydrogen (secondary N) is 1. The molecule has 0 radical (unpaired) electrons. The van der Waals surface area contributed by atoms with E-state index in [1.807, 2.05) is 26.8 Å². The van der Waals surface area contributed by atoms with Gasteiger partial charge >= 0.3 is 0 Å². The van der Waals surface area contributed by atoms with Crippen molar-refractivity contribution in [2.75, 3.05) is 5.32 Å². The third kappa shape index (κ3) is 3.27. The zero-order valence-corrected chi connectivity index (χ0v) is 11.7. The largest absolute Gasteiger partial charge is 0.423 e. The quantitative estimate of drug-likeness (QED) is 0.891. The Morgan fingerprint density at radius 3 is 2.53 bits per heavy atom. The lowest BCUT2D eigenvalue weighted by Gasteiger charge is -2.10. The van der Waals surface area contributed by atoms with Crippen LogP contribution in [0, 0.1) is 0 Å². The summed E-state index contributed by atoms with van der Waals surface area (Å²) >= 11 is 0. The molecule has 2 aromatic heterocycles. The van der Waals surface area contributed by atoms with Crippen LogP contribution in [0.4, 0.5) is 5.82 Å². The van der Waals surface area contributed by atoms with Crippen molar-refractivity contribution in [1.29, 1.82) is 0 Å². The van der Waals surface area contributed by atoms with Crippen molar-refractivity contribution in [3.05, 3.63) is 29.9 Å². The van der Waals surface area contributed by atoms with Gasteiger partial charge in [-0.3, -0.25) is 0 Å². The standard InChI is InChI=1S/C13H19N5O/c1-5-10-6-11(15-7-14-10)16-9(4)13-18-17-12(19-13)8(2)3/h6-9H,5H2,1-4H3,(H,14,15,16). The highest BCUT2D eigenvalue weighted by Crippen LogP contribution is 2.19. The summed E-state index contributed by atoms with van der Waals surface area (Å²) in [5, 5.41) is 11.3. The summed E-state index contributed by atoms with van der Waals surface area (Å²) in [6, 6.07) is 1.84. The Hall–Kier alpha value is -1.98. The fourth-order valence-electron chi connectivity index (χ4n) is 1.61. The smallest absolute Gasteiger partial charge is 0.238 e. The van der Waals surface area contributed by atoms with Crippen LogP contribution in [0.25, 0.3) is 0 Å². The molecule has 0 aliphatic heterocycles. The van der Waals surface area contributed by atoms with Gasteiger partial charge in [-0.05, 0) is 13.3 Å². The minimum atomic E-state index is -0.0837. The van der Waals surface area contributed by atoms with E-state index in [2.05, 4.69) is 32.4 Å². The van der Waals surface area contributed by atoms with Crippen molar-refractivity contribution >= 4 is 5.82 Å². The molecule has 0 aliphatic carbocycles. The maximum Gasteiger partial charge on any atom is 0.238 e. The number of hydrogen-bond acceptors (Lipinski definition) is 6. The Balaban J connectivity index is 2.08. The van der Waals surface area contributed by atoms with Gasteiger partial charge in [0, 0.05) is 17.7 Å². The number of hydrogen-bond donors (Lipinski definition) is 1. The van der Waals surface area contributed by atoms with E-state index in [9.17, 15) is 0 Å². The van der Waals surface area contributed by atoms with Crippen LogP contribution < -0.4 is 5.32 Å². The second-order valence-corrected chi connectivity index (χ2v) is 4.75. The molecule has 0 saturated heterocycles. The molecule has 102 valence electrons. The van der Waals surface area contributed by atoms with Crippen LogP contribution in [0.2, 0.25) is 0 Å². The molecule has 2 heterocycles. The molecule has 0 spiro atoms. The van der Waals surface area contributed by atoms with Crippen LogP contribution in [0.3, 0.4) is 0 Å². The lowest BCUT2D eigenvalue weighted by atomic mass is 10.2. The normalized spacial score (nSPS) is 12.7. The van der Waals surface area contributed by atoms with Crippen LogP contribution in [-0.4, -0.2) is 20.2 Å². The summed E-state index contributed by atoms with van der Waals surface area (Å²) in [6.45, 7) is 8.06. The Kier molecular flexibility index (Phi) is 4.09. The van der Waals surface area contributed by atoms with Crippen molar-refractivity contribution in [3.8, 4) is 0 Å². The summed E-state index contributed by atoms with van der Waals surface area (Å²) in [6.07, 6.45) is 2.44. The Morgan fingerprint density at radius 1 is 1.16 bits per heavy atom. The summed E-state index contributed by atoms with van der Waals surface area (Å²) in [4.78, 5) is 8.35. The molecule has 6 nitrogen and oxygen atoms in total. The molecular formula is C13H19N5O. The van der Waals surface area contributed by atoms with Crippen LogP contribution >= 0.6 is 0 Å². The predicted molar refractivity (Wildman–Crippen MR) is 71.8 cm³/mol. The van der Waals surface area contributed by atoms with Gasteiger partial charge in [0.15, 0.2) is 0 Å². The number of anilines is 1. The molecule has 0 aromatic carbocycles. The maximum absolute atomic E-state index is 5.61. The SMILES string of the molecule is CCc1cc(NC(C)c2nnc(C(C)C)o2)ncn1. The van der Waals surface area contributed by atoms with Gasteiger partial charge in [0.2, 0.25) is 11.8 Å². The molecule has 0 saturated carbocycles. The number of rotatable bonds is 5. The van der Waals surface area contributed by atoms with E-state index >= 15 is 0 Å². The molecule has 0 aliphatic rings. The van der Waals surface area contributed by atoms with Gasteiger partial charge in [-0.2, -0.15) is 0 Å². The lowest BCUT2D eigenvalue weighted by Crippen LogP contribution is -2.09. The first-order valence-corrected chi connectivity index (χ1v) is 6.51. The molecule has 2 aromatic rings. The third-order valence-electron chi connectivity index (χ3n) is 2.77. The van der Waals surface area contributed by atoms with Gasteiger partial charge in [0.1, 0.15) is 18.2 Å². The molecule has 19 heavy (non-hydrogen) atoms. The Bertz CT molecular complexity index is 537. The minimum Gasteiger partial charge on any atom is -0.423 e. The van der Waals surface area contributed by atoms with E-state index in [0.717, 1.165) is 17.9 Å². The molecular weight excluding hydrogens is 242 g/mol. The zero-order chi connectivity index (χ0) is 13.8. The third-order valence-corrected chi connectivity index (χ3v) is 2.77. The first kappa shape index (κ1) is 13.5. The average molecular weight is 261 g/mol. The summed E-state index contributed by atoms with van der Waals surface area (Å²) < 4.78 is 5.61. The highest BCUT2D eigenvalue weighted by molar-refractivity contribution is 5.36. The van der Waals surface area contributed by atoms with Crippen molar-refractivity contribution < 1.29 is 4.42 Å². The van der Waals surface area contributed by atoms with Crippen LogP contribution in [0.1, 0.15) is 57.1 Å². The van der Waals surface area contributed by atoms with Crippen LogP contribution in [0.15, 0.2) is 16.8 Å². The molecule has 0 fully saturated rings. The number of aryl methyl sites for hydroxylation is 1. The van der Waals surface area contributed by atoms with Gasteiger partial charge in [-0.1, -0.05) is 20.8 Å². The molecule has 6 heteroatoms. The van der Waals surface area contributed by atoms with E-state index in [-0.39, 0.29) is 12.0 Å². The van der Waals surface area contributed by atoms with E-state index < -0.39 is 0 Å². The molecule has 1 N–H and O–H groups in total. The Labute approximate surface area is 112 Å². The Morgan fingerprint density at radius 2 is 1.89 bits per heavy atom. The van der Waals surface area contributed by atoms with Gasteiger partial charge in [0.05, 0.1) is 0 Å². The summed E-state index contributed by atoms with van der Waals surface area (Å²) in [7, 11) is 0. The molecule has 0 amide bonds. The summed E-state index contributed by atoms with van der Waals surface area (Å²) in [5.41, 5.74) is 0.998. The zero-order valence-electron chi connectivity index (χ0n) is 11.7. The van der Waals surface area contributed by atoms with Crippen LogP contribution in [-0.2, 0) is 6.42 Å². The molecule has 1 unspecified atom stereocenters. The lowest BCUT2D eigenvalue weighted by molar-refractivity contribution is 0.419. The summed E-state index contributed by atoms with van der Waals surface area (Å²) in [5.74, 6) is 2.23. The van der Waals surface area contributed by atoms with Gasteiger partial charge in [0.25, 0.3) is 0 Å². The number of aromatic nitrogens is 4. The monoisotopic (exact) mass is 261 g/mol. The van der Waals surface area contributed by atoms with Gasteiger partial charge < -0.3 is 9.73 Å². The fraction of sp³-hybridized carbons (Fsp3) is 0.538. The second kappa shape index (κ2) is 5.77. The molecule has 0 bridgehead atoms. The molecule has 1 atom stereocenters. The number of nitrogens with zero attached hydrogens (tertiary/aromatic N) is 4. The average Bonchev–Trinajstić information content (AvgIpc) is 2.89. The predicted octanol–water partition coefficient (Wildman–Crippen LogP) is 2.72. The first-order chi connectivity index (χ1) is 9.10. The van der Waals surface area contributed by atoms with Gasteiger partial charge in [-0.15, -0.1) is 10.2 Å². The second-order valence-electron chi connectivity index (χ2n) is 4.75. The highest BCUT2D eigenvalue weighted by atomic mass is 16.4. The van der Waals surface area contributed by atoms with Crippen molar-refractivity contribution in [2.24, 2.45) is 0 Å². The van der Waals surface area contributed by atoms with E-state index in [4.69, 9.17) is 4.42 Å². The van der Waals surface area contributed by atoms with Crippen LogP contribution in [0.5, 0.6) is 0 Å².